The minimum atomic E-state index is -0.215. The van der Waals surface area contributed by atoms with Gasteiger partial charge in [-0.25, -0.2) is 0 Å². The summed E-state index contributed by atoms with van der Waals surface area (Å²) in [7, 11) is 0. The van der Waals surface area contributed by atoms with E-state index in [2.05, 4.69) is 29.8 Å². The molecular formula is C25H24BrNO4. The first kappa shape index (κ1) is 20.3. The molecule has 2 aliphatic heterocycles. The number of allylic oxidation sites excluding steroid dienone is 1. The lowest BCUT2D eigenvalue weighted by molar-refractivity contribution is -0.925. The number of carbonyl (C=O) groups excluding carboxylic acids is 1. The standard InChI is InChI=1S/C25H24BrNO4/c1-14-7-15(2)12-27(11-14)13-20-21(28)5-4-19-24(29)23(31-25(19)20)10-18-9-16-8-17(26)3-6-22(16)30-18/h3-6,8-10,14-15,28H,7,11-13H2,1-2H3/b23-10-. The van der Waals surface area contributed by atoms with Crippen molar-refractivity contribution < 1.29 is 24.0 Å². The van der Waals surface area contributed by atoms with Crippen LogP contribution in [0.3, 0.4) is 0 Å². The summed E-state index contributed by atoms with van der Waals surface area (Å²) in [6, 6.07) is 10.7. The smallest absolute Gasteiger partial charge is 0.232 e. The Labute approximate surface area is 189 Å². The number of fused-ring (bicyclic) bond motifs is 2. The summed E-state index contributed by atoms with van der Waals surface area (Å²) >= 11 is 3.45. The van der Waals surface area contributed by atoms with Crippen LogP contribution in [0, 0.1) is 11.8 Å². The third kappa shape index (κ3) is 3.90. The third-order valence-corrected chi connectivity index (χ3v) is 6.67. The number of furan rings is 1. The summed E-state index contributed by atoms with van der Waals surface area (Å²) in [5, 5.41) is 13.6. The Morgan fingerprint density at radius 3 is 2.71 bits per heavy atom. The molecule has 2 unspecified atom stereocenters. The fourth-order valence-corrected chi connectivity index (χ4v) is 5.39. The predicted molar refractivity (Wildman–Crippen MR) is 120 cm³/mol. The van der Waals surface area contributed by atoms with Crippen LogP contribution >= 0.6 is 15.9 Å². The molecule has 5 nitrogen and oxygen atoms in total. The minimum Gasteiger partial charge on any atom is -0.872 e. The molecule has 0 amide bonds. The molecular weight excluding hydrogens is 458 g/mol. The molecule has 0 spiro atoms. The molecule has 1 N–H and O–H groups in total. The van der Waals surface area contributed by atoms with Gasteiger partial charge in [-0.15, -0.1) is 0 Å². The topological polar surface area (TPSA) is 66.9 Å². The number of carbonyl (C=O) groups is 1. The van der Waals surface area contributed by atoms with Gasteiger partial charge in [0.1, 0.15) is 23.6 Å². The molecule has 1 aromatic heterocycles. The van der Waals surface area contributed by atoms with E-state index in [1.54, 1.807) is 12.1 Å². The molecule has 5 rings (SSSR count). The molecule has 0 radical (unpaired) electrons. The summed E-state index contributed by atoms with van der Waals surface area (Å²) in [4.78, 5) is 14.3. The molecule has 0 bridgehead atoms. The van der Waals surface area contributed by atoms with E-state index in [9.17, 15) is 9.90 Å². The fourth-order valence-electron chi connectivity index (χ4n) is 5.01. The number of benzene rings is 2. The van der Waals surface area contributed by atoms with Crippen LogP contribution in [0.25, 0.3) is 17.0 Å². The second kappa shape index (κ2) is 7.84. The summed E-state index contributed by atoms with van der Waals surface area (Å²) < 4.78 is 12.8. The van der Waals surface area contributed by atoms with Crippen LogP contribution in [0.4, 0.5) is 0 Å². The molecule has 0 saturated carbocycles. The van der Waals surface area contributed by atoms with E-state index in [4.69, 9.17) is 9.15 Å². The predicted octanol–water partition coefficient (Wildman–Crippen LogP) is 3.95. The quantitative estimate of drug-likeness (QED) is 0.575. The Bertz CT molecular complexity index is 1200. The van der Waals surface area contributed by atoms with E-state index in [1.165, 1.54) is 17.4 Å². The number of halogens is 1. The van der Waals surface area contributed by atoms with Gasteiger partial charge in [0.15, 0.2) is 5.76 Å². The van der Waals surface area contributed by atoms with Crippen molar-refractivity contribution in [3.63, 3.8) is 0 Å². The van der Waals surface area contributed by atoms with Gasteiger partial charge in [0, 0.05) is 33.3 Å². The normalized spacial score (nSPS) is 24.5. The molecule has 2 aromatic carbocycles. The maximum Gasteiger partial charge on any atom is 0.232 e. The van der Waals surface area contributed by atoms with Gasteiger partial charge in [-0.2, -0.15) is 0 Å². The van der Waals surface area contributed by atoms with Crippen LogP contribution in [-0.2, 0) is 6.54 Å². The first-order chi connectivity index (χ1) is 14.9. The number of ether oxygens (including phenoxy) is 1. The van der Waals surface area contributed by atoms with E-state index in [-0.39, 0.29) is 17.3 Å². The summed E-state index contributed by atoms with van der Waals surface area (Å²) in [5.41, 5.74) is 1.79. The van der Waals surface area contributed by atoms with Crippen molar-refractivity contribution in [2.75, 3.05) is 13.1 Å². The second-order valence-electron chi connectivity index (χ2n) is 8.97. The molecule has 0 aliphatic carbocycles. The van der Waals surface area contributed by atoms with E-state index < -0.39 is 0 Å². The van der Waals surface area contributed by atoms with Crippen LogP contribution in [0.1, 0.15) is 41.9 Å². The SMILES string of the molecule is CC1CC(C)C[NH+](Cc2c([O-])ccc3c2O/C(=C\c2cc4cc(Br)ccc4o2)C3=O)C1. The monoisotopic (exact) mass is 481 g/mol. The molecule has 2 aliphatic rings. The summed E-state index contributed by atoms with van der Waals surface area (Å²) in [5.74, 6) is 2.11. The van der Waals surface area contributed by atoms with Crippen LogP contribution in [-0.4, -0.2) is 18.9 Å². The van der Waals surface area contributed by atoms with E-state index >= 15 is 0 Å². The zero-order chi connectivity index (χ0) is 21.7. The van der Waals surface area contributed by atoms with Gasteiger partial charge >= 0.3 is 0 Å². The third-order valence-electron chi connectivity index (χ3n) is 6.17. The number of rotatable bonds is 3. The highest BCUT2D eigenvalue weighted by Gasteiger charge is 2.33. The Morgan fingerprint density at radius 1 is 1.16 bits per heavy atom. The molecule has 1 saturated heterocycles. The Hall–Kier alpha value is -2.57. The number of hydrogen-bond acceptors (Lipinski definition) is 4. The lowest BCUT2D eigenvalue weighted by atomic mass is 9.91. The van der Waals surface area contributed by atoms with Crippen LogP contribution in [0.15, 0.2) is 51.0 Å². The van der Waals surface area contributed by atoms with Crippen molar-refractivity contribution in [3.8, 4) is 11.5 Å². The van der Waals surface area contributed by atoms with Crippen LogP contribution in [0.5, 0.6) is 11.5 Å². The molecule has 31 heavy (non-hydrogen) atoms. The Morgan fingerprint density at radius 2 is 1.94 bits per heavy atom. The highest BCUT2D eigenvalue weighted by atomic mass is 79.9. The first-order valence-corrected chi connectivity index (χ1v) is 11.5. The van der Waals surface area contributed by atoms with Gasteiger partial charge in [0.2, 0.25) is 5.78 Å². The number of likely N-dealkylation sites (tertiary alicyclic amines) is 1. The lowest BCUT2D eigenvalue weighted by Gasteiger charge is -2.33. The van der Waals surface area contributed by atoms with Crippen LogP contribution < -0.4 is 14.7 Å². The Kier molecular flexibility index (Phi) is 5.15. The van der Waals surface area contributed by atoms with Gasteiger partial charge < -0.3 is 19.2 Å². The average molecular weight is 482 g/mol. The number of quaternary nitrogens is 1. The Balaban J connectivity index is 1.46. The van der Waals surface area contributed by atoms with Crippen molar-refractivity contribution in [2.45, 2.75) is 26.8 Å². The molecule has 3 aromatic rings. The van der Waals surface area contributed by atoms with E-state index in [1.807, 2.05) is 24.3 Å². The number of ketones is 1. The highest BCUT2D eigenvalue weighted by molar-refractivity contribution is 9.10. The first-order valence-electron chi connectivity index (χ1n) is 10.7. The summed E-state index contributed by atoms with van der Waals surface area (Å²) in [6.45, 7) is 7.15. The summed E-state index contributed by atoms with van der Waals surface area (Å²) in [6.07, 6.45) is 2.83. The van der Waals surface area contributed by atoms with Gasteiger partial charge in [0.05, 0.1) is 18.7 Å². The molecule has 1 fully saturated rings. The second-order valence-corrected chi connectivity index (χ2v) is 9.89. The van der Waals surface area contributed by atoms with Crippen LogP contribution in [0.2, 0.25) is 0 Å². The number of nitrogens with one attached hydrogen (secondary N) is 1. The maximum absolute atomic E-state index is 13.0. The number of hydrogen-bond donors (Lipinski definition) is 1. The minimum absolute atomic E-state index is 0.0697. The van der Waals surface area contributed by atoms with Gasteiger partial charge in [0.25, 0.3) is 0 Å². The van der Waals surface area contributed by atoms with Gasteiger partial charge in [-0.05, 0) is 36.8 Å². The van der Waals surface area contributed by atoms with Crippen molar-refractivity contribution in [3.05, 3.63) is 63.5 Å². The molecule has 6 heteroatoms. The van der Waals surface area contributed by atoms with Gasteiger partial charge in [-0.1, -0.05) is 41.6 Å². The number of Topliss-reactive ketones (excluding diaryl/α,β-unsaturated/α-hetero) is 1. The maximum atomic E-state index is 13.0. The van der Waals surface area contributed by atoms with Crippen molar-refractivity contribution >= 4 is 38.8 Å². The largest absolute Gasteiger partial charge is 0.872 e. The fraction of sp³-hybridized carbons (Fsp3) is 0.320. The number of piperidine rings is 1. The zero-order valence-electron chi connectivity index (χ0n) is 17.5. The lowest BCUT2D eigenvalue weighted by Crippen LogP contribution is -3.13. The van der Waals surface area contributed by atoms with Gasteiger partial charge in [-0.3, -0.25) is 4.79 Å². The molecule has 160 valence electrons. The molecule has 2 atom stereocenters. The van der Waals surface area contributed by atoms with Crippen molar-refractivity contribution in [2.24, 2.45) is 11.8 Å². The van der Waals surface area contributed by atoms with Crippen molar-refractivity contribution in [1.82, 2.24) is 0 Å². The molecule has 3 heterocycles. The average Bonchev–Trinajstić information content (AvgIpc) is 3.24. The van der Waals surface area contributed by atoms with Crippen molar-refractivity contribution in [1.29, 1.82) is 0 Å². The van der Waals surface area contributed by atoms with E-state index in [0.717, 1.165) is 28.5 Å². The zero-order valence-corrected chi connectivity index (χ0v) is 19.1. The highest BCUT2D eigenvalue weighted by Crippen LogP contribution is 2.38. The van der Waals surface area contributed by atoms with E-state index in [0.29, 0.717) is 41.0 Å².